The van der Waals surface area contributed by atoms with Crippen molar-refractivity contribution in [3.8, 4) is 0 Å². The summed E-state index contributed by atoms with van der Waals surface area (Å²) in [5, 5.41) is 9.87. The van der Waals surface area contributed by atoms with Crippen LogP contribution in [-0.2, 0) is 0 Å². The Morgan fingerprint density at radius 3 is 2.08 bits per heavy atom. The summed E-state index contributed by atoms with van der Waals surface area (Å²) in [6.07, 6.45) is 9.48. The van der Waals surface area contributed by atoms with E-state index in [4.69, 9.17) is 0 Å². The quantitative estimate of drug-likeness (QED) is 0.647. The van der Waals surface area contributed by atoms with Crippen LogP contribution in [0.25, 0.3) is 0 Å². The van der Waals surface area contributed by atoms with Crippen LogP contribution in [0.2, 0.25) is 0 Å². The van der Waals surface area contributed by atoms with Gasteiger partial charge in [0, 0.05) is 0 Å². The molecule has 0 radical (unpaired) electrons. The fraction of sp³-hybridized carbons (Fsp3) is 0.667. The molecule has 0 aromatic rings. The van der Waals surface area contributed by atoms with Crippen molar-refractivity contribution < 1.29 is 5.11 Å². The topological polar surface area (TPSA) is 20.2 Å². The maximum Gasteiger partial charge on any atom is 0.0825 e. The van der Waals surface area contributed by atoms with E-state index < -0.39 is 5.60 Å². The van der Waals surface area contributed by atoms with Crippen molar-refractivity contribution >= 4 is 0 Å². The monoisotopic (exact) mass is 182 g/mol. The van der Waals surface area contributed by atoms with Crippen molar-refractivity contribution in [3.05, 3.63) is 24.3 Å². The molecule has 76 valence electrons. The highest BCUT2D eigenvalue weighted by atomic mass is 16.3. The first-order chi connectivity index (χ1) is 6.04. The van der Waals surface area contributed by atoms with Gasteiger partial charge in [0.25, 0.3) is 0 Å². The highest BCUT2D eigenvalue weighted by Gasteiger charge is 2.16. The summed E-state index contributed by atoms with van der Waals surface area (Å²) in [4.78, 5) is 0. The molecule has 0 fully saturated rings. The Kier molecular flexibility index (Phi) is 5.72. The van der Waals surface area contributed by atoms with E-state index in [1.165, 1.54) is 0 Å². The lowest BCUT2D eigenvalue weighted by atomic mass is 9.97. The van der Waals surface area contributed by atoms with E-state index in [-0.39, 0.29) is 0 Å². The van der Waals surface area contributed by atoms with Gasteiger partial charge in [0.05, 0.1) is 5.60 Å². The van der Waals surface area contributed by atoms with Crippen LogP contribution in [0.15, 0.2) is 24.3 Å². The fourth-order valence-electron chi connectivity index (χ4n) is 1.01. The van der Waals surface area contributed by atoms with Crippen LogP contribution in [0.4, 0.5) is 0 Å². The van der Waals surface area contributed by atoms with E-state index in [2.05, 4.69) is 19.9 Å². The van der Waals surface area contributed by atoms with E-state index in [0.29, 0.717) is 5.92 Å². The van der Waals surface area contributed by atoms with Crippen LogP contribution in [0.5, 0.6) is 0 Å². The van der Waals surface area contributed by atoms with Crippen molar-refractivity contribution in [3.63, 3.8) is 0 Å². The number of allylic oxidation sites excluding steroid dienone is 3. The molecule has 0 saturated heterocycles. The molecule has 0 aromatic heterocycles. The molecule has 1 N–H and O–H groups in total. The Hall–Kier alpha value is -0.560. The first-order valence-electron chi connectivity index (χ1n) is 5.12. The molecule has 1 nitrogen and oxygen atoms in total. The van der Waals surface area contributed by atoms with Gasteiger partial charge in [-0.05, 0) is 18.8 Å². The van der Waals surface area contributed by atoms with Crippen molar-refractivity contribution in [1.82, 2.24) is 0 Å². The average Bonchev–Trinajstić information content (AvgIpc) is 2.12. The van der Waals surface area contributed by atoms with Crippen molar-refractivity contribution in [1.29, 1.82) is 0 Å². The highest BCUT2D eigenvalue weighted by Crippen LogP contribution is 2.15. The first kappa shape index (κ1) is 12.4. The molecule has 0 aliphatic rings. The molecule has 0 bridgehead atoms. The zero-order valence-corrected chi connectivity index (χ0v) is 9.25. The maximum atomic E-state index is 9.87. The van der Waals surface area contributed by atoms with Gasteiger partial charge in [0.2, 0.25) is 0 Å². The summed E-state index contributed by atoms with van der Waals surface area (Å²) in [5.74, 6) is 0.570. The standard InChI is InChI=1S/C12H22O/c1-5-12(13,6-2)10-8-7-9-11(3)4/h7-11,13H,5-6H2,1-4H3/b9-7+,10-8+. The first-order valence-corrected chi connectivity index (χ1v) is 5.12. The van der Waals surface area contributed by atoms with E-state index in [1.54, 1.807) is 0 Å². The molecule has 0 aromatic carbocycles. The molecule has 0 heterocycles. The van der Waals surface area contributed by atoms with Gasteiger partial charge in [-0.25, -0.2) is 0 Å². The molecular formula is C12H22O. The predicted octanol–water partition coefficient (Wildman–Crippen LogP) is 3.31. The van der Waals surface area contributed by atoms with Gasteiger partial charge in [0.1, 0.15) is 0 Å². The van der Waals surface area contributed by atoms with Gasteiger partial charge in [-0.15, -0.1) is 0 Å². The summed E-state index contributed by atoms with van der Waals surface area (Å²) in [6.45, 7) is 8.27. The van der Waals surface area contributed by atoms with Crippen molar-refractivity contribution in [2.75, 3.05) is 0 Å². The molecule has 0 spiro atoms. The maximum absolute atomic E-state index is 9.87. The Morgan fingerprint density at radius 2 is 1.69 bits per heavy atom. The van der Waals surface area contributed by atoms with Gasteiger partial charge in [-0.1, -0.05) is 52.0 Å². The lowest BCUT2D eigenvalue weighted by molar-refractivity contribution is 0.0828. The van der Waals surface area contributed by atoms with Gasteiger partial charge in [-0.3, -0.25) is 0 Å². The molecular weight excluding hydrogens is 160 g/mol. The van der Waals surface area contributed by atoms with Crippen LogP contribution < -0.4 is 0 Å². The second kappa shape index (κ2) is 5.98. The molecule has 0 aliphatic carbocycles. The minimum atomic E-state index is -0.610. The summed E-state index contributed by atoms with van der Waals surface area (Å²) in [6, 6.07) is 0. The highest BCUT2D eigenvalue weighted by molar-refractivity contribution is 5.09. The molecule has 0 saturated carbocycles. The zero-order chi connectivity index (χ0) is 10.3. The Bertz CT molecular complexity index is 174. The van der Waals surface area contributed by atoms with E-state index >= 15 is 0 Å². The van der Waals surface area contributed by atoms with Crippen molar-refractivity contribution in [2.45, 2.75) is 46.1 Å². The largest absolute Gasteiger partial charge is 0.386 e. The normalized spacial score (nSPS) is 13.7. The fourth-order valence-corrected chi connectivity index (χ4v) is 1.01. The van der Waals surface area contributed by atoms with Gasteiger partial charge < -0.3 is 5.11 Å². The molecule has 13 heavy (non-hydrogen) atoms. The number of hydrogen-bond acceptors (Lipinski definition) is 1. The minimum Gasteiger partial charge on any atom is -0.386 e. The molecule has 0 aliphatic heterocycles. The lowest BCUT2D eigenvalue weighted by Crippen LogP contribution is -2.22. The predicted molar refractivity (Wildman–Crippen MR) is 58.6 cm³/mol. The SMILES string of the molecule is CCC(O)(/C=C/C=C/C(C)C)CC. The number of rotatable bonds is 5. The second-order valence-electron chi connectivity index (χ2n) is 3.80. The summed E-state index contributed by atoms with van der Waals surface area (Å²) in [5.41, 5.74) is -0.610. The Balaban J connectivity index is 4.09. The molecule has 0 unspecified atom stereocenters. The number of hydrogen-bond donors (Lipinski definition) is 1. The van der Waals surface area contributed by atoms with E-state index in [9.17, 15) is 5.11 Å². The molecule has 0 amide bonds. The molecule has 1 heteroatoms. The summed E-state index contributed by atoms with van der Waals surface area (Å²) < 4.78 is 0. The Morgan fingerprint density at radius 1 is 1.15 bits per heavy atom. The summed E-state index contributed by atoms with van der Waals surface area (Å²) >= 11 is 0. The Labute approximate surface area is 82.2 Å². The van der Waals surface area contributed by atoms with E-state index in [1.807, 2.05) is 32.1 Å². The van der Waals surface area contributed by atoms with Crippen LogP contribution in [0.3, 0.4) is 0 Å². The van der Waals surface area contributed by atoms with Gasteiger partial charge in [-0.2, -0.15) is 0 Å². The van der Waals surface area contributed by atoms with Crippen LogP contribution in [-0.4, -0.2) is 10.7 Å². The average molecular weight is 182 g/mol. The molecule has 0 atom stereocenters. The lowest BCUT2D eigenvalue weighted by Gasteiger charge is -2.19. The van der Waals surface area contributed by atoms with Crippen LogP contribution in [0.1, 0.15) is 40.5 Å². The van der Waals surface area contributed by atoms with E-state index in [0.717, 1.165) is 12.8 Å². The smallest absolute Gasteiger partial charge is 0.0825 e. The zero-order valence-electron chi connectivity index (χ0n) is 9.25. The van der Waals surface area contributed by atoms with Crippen LogP contribution in [0, 0.1) is 5.92 Å². The number of aliphatic hydroxyl groups is 1. The molecule has 0 rings (SSSR count). The third kappa shape index (κ3) is 5.64. The van der Waals surface area contributed by atoms with Gasteiger partial charge in [0.15, 0.2) is 0 Å². The van der Waals surface area contributed by atoms with Crippen molar-refractivity contribution in [2.24, 2.45) is 5.92 Å². The summed E-state index contributed by atoms with van der Waals surface area (Å²) in [7, 11) is 0. The third-order valence-corrected chi connectivity index (χ3v) is 2.24. The second-order valence-corrected chi connectivity index (χ2v) is 3.80. The van der Waals surface area contributed by atoms with Gasteiger partial charge >= 0.3 is 0 Å². The minimum absolute atomic E-state index is 0.570. The third-order valence-electron chi connectivity index (χ3n) is 2.24. The van der Waals surface area contributed by atoms with Crippen LogP contribution >= 0.6 is 0 Å².